The maximum absolute atomic E-state index is 10.7. The molecule has 1 heterocycles. The second-order valence-electron chi connectivity index (χ2n) is 1.28. The number of alkyl halides is 1. The number of ketones is 1. The van der Waals surface area contributed by atoms with Gasteiger partial charge in [-0.05, 0) is 45.2 Å². The summed E-state index contributed by atoms with van der Waals surface area (Å²) in [5.74, 6) is 0.0752. The Balaban J connectivity index is 2.73. The molecule has 0 saturated heterocycles. The molecule has 1 aliphatic rings. The van der Waals surface area contributed by atoms with Gasteiger partial charge in [0, 0.05) is 0 Å². The van der Waals surface area contributed by atoms with Gasteiger partial charge in [0.1, 0.15) is 6.26 Å². The quantitative estimate of drug-likeness (QED) is 0.497. The summed E-state index contributed by atoms with van der Waals surface area (Å²) < 4.78 is 5.25. The molecular formula is C4H2I2O2. The van der Waals surface area contributed by atoms with Gasteiger partial charge in [0.05, 0.1) is 3.58 Å². The average Bonchev–Trinajstić information content (AvgIpc) is 1.98. The van der Waals surface area contributed by atoms with Crippen LogP contribution in [0.25, 0.3) is 0 Å². The van der Waals surface area contributed by atoms with Crippen molar-refractivity contribution in [1.29, 1.82) is 0 Å². The third kappa shape index (κ3) is 1.15. The summed E-state index contributed by atoms with van der Waals surface area (Å²) in [5.41, 5.74) is 0. The van der Waals surface area contributed by atoms with E-state index in [0.29, 0.717) is 3.58 Å². The van der Waals surface area contributed by atoms with Gasteiger partial charge in [-0.15, -0.1) is 0 Å². The molecule has 0 N–H and O–H groups in total. The maximum Gasteiger partial charge on any atom is 0.222 e. The second-order valence-corrected chi connectivity index (χ2v) is 3.58. The van der Waals surface area contributed by atoms with Gasteiger partial charge >= 0.3 is 0 Å². The van der Waals surface area contributed by atoms with Crippen molar-refractivity contribution in [2.75, 3.05) is 0 Å². The van der Waals surface area contributed by atoms with Crippen molar-refractivity contribution >= 4 is 51.0 Å². The average molecular weight is 336 g/mol. The van der Waals surface area contributed by atoms with Gasteiger partial charge in [-0.1, -0.05) is 0 Å². The van der Waals surface area contributed by atoms with E-state index >= 15 is 0 Å². The topological polar surface area (TPSA) is 26.3 Å². The molecule has 1 unspecified atom stereocenters. The van der Waals surface area contributed by atoms with Crippen molar-refractivity contribution in [3.63, 3.8) is 0 Å². The Morgan fingerprint density at radius 3 is 2.50 bits per heavy atom. The van der Waals surface area contributed by atoms with Gasteiger partial charge in [0.15, 0.2) is 0 Å². The molecule has 0 fully saturated rings. The monoisotopic (exact) mass is 336 g/mol. The molecular weight excluding hydrogens is 334 g/mol. The molecule has 0 aromatic rings. The molecule has 1 rings (SSSR count). The van der Waals surface area contributed by atoms with Crippen LogP contribution in [-0.2, 0) is 9.53 Å². The Labute approximate surface area is 73.9 Å². The molecule has 1 aliphatic heterocycles. The van der Waals surface area contributed by atoms with Crippen molar-refractivity contribution in [2.45, 2.75) is 4.11 Å². The first-order valence-electron chi connectivity index (χ1n) is 1.91. The number of Topliss-reactive ketones (excluding diaryl/α,β-unsaturated/α-hetero) is 1. The van der Waals surface area contributed by atoms with Crippen molar-refractivity contribution < 1.29 is 9.53 Å². The molecule has 0 aliphatic carbocycles. The lowest BCUT2D eigenvalue weighted by Crippen LogP contribution is -2.06. The van der Waals surface area contributed by atoms with Crippen molar-refractivity contribution in [1.82, 2.24) is 0 Å². The third-order valence-corrected chi connectivity index (χ3v) is 2.38. The standard InChI is InChI=1S/C4H2I2O2/c5-2-1-8-4(6)3(2)7/h1,4H. The fourth-order valence-electron chi connectivity index (χ4n) is 0.348. The van der Waals surface area contributed by atoms with E-state index in [2.05, 4.69) is 0 Å². The lowest BCUT2D eigenvalue weighted by Gasteiger charge is -1.94. The molecule has 44 valence electrons. The first kappa shape index (κ1) is 6.79. The number of ether oxygens (including phenoxy) is 1. The summed E-state index contributed by atoms with van der Waals surface area (Å²) in [6.45, 7) is 0. The van der Waals surface area contributed by atoms with E-state index in [0.717, 1.165) is 0 Å². The zero-order chi connectivity index (χ0) is 6.15. The predicted octanol–water partition coefficient (Wildman–Crippen LogP) is 1.62. The second kappa shape index (κ2) is 2.51. The highest BCUT2D eigenvalue weighted by Gasteiger charge is 2.23. The first-order valence-corrected chi connectivity index (χ1v) is 4.23. The van der Waals surface area contributed by atoms with Gasteiger partial charge in [-0.3, -0.25) is 4.79 Å². The van der Waals surface area contributed by atoms with Crippen LogP contribution in [0.3, 0.4) is 0 Å². The highest BCUT2D eigenvalue weighted by Crippen LogP contribution is 2.22. The van der Waals surface area contributed by atoms with Crippen LogP contribution in [0, 0.1) is 0 Å². The molecule has 0 saturated carbocycles. The van der Waals surface area contributed by atoms with E-state index in [9.17, 15) is 4.79 Å². The van der Waals surface area contributed by atoms with E-state index in [4.69, 9.17) is 4.74 Å². The Hall–Kier alpha value is 0.670. The minimum absolute atomic E-state index is 0.0752. The highest BCUT2D eigenvalue weighted by molar-refractivity contribution is 14.1. The molecule has 0 spiro atoms. The zero-order valence-electron chi connectivity index (χ0n) is 3.73. The Morgan fingerprint density at radius 2 is 2.38 bits per heavy atom. The highest BCUT2D eigenvalue weighted by atomic mass is 127. The van der Waals surface area contributed by atoms with E-state index in [1.807, 2.05) is 45.2 Å². The van der Waals surface area contributed by atoms with E-state index in [-0.39, 0.29) is 9.89 Å². The fraction of sp³-hybridized carbons (Fsp3) is 0.250. The van der Waals surface area contributed by atoms with Gasteiger partial charge < -0.3 is 4.74 Å². The molecule has 1 atom stereocenters. The van der Waals surface area contributed by atoms with Gasteiger partial charge in [0.2, 0.25) is 9.89 Å². The van der Waals surface area contributed by atoms with E-state index < -0.39 is 0 Å². The Bertz CT molecular complexity index is 152. The number of halogens is 2. The zero-order valence-corrected chi connectivity index (χ0v) is 8.04. The lowest BCUT2D eigenvalue weighted by atomic mass is 10.4. The summed E-state index contributed by atoms with van der Waals surface area (Å²) in [6.07, 6.45) is 1.49. The maximum atomic E-state index is 10.7. The fourth-order valence-corrected chi connectivity index (χ4v) is 1.86. The SMILES string of the molecule is O=C1C(I)=COC1I. The largest absolute Gasteiger partial charge is 0.478 e. The van der Waals surface area contributed by atoms with Crippen LogP contribution in [0.2, 0.25) is 0 Å². The van der Waals surface area contributed by atoms with Crippen LogP contribution in [-0.4, -0.2) is 9.89 Å². The summed E-state index contributed by atoms with van der Waals surface area (Å²) in [6, 6.07) is 0. The first-order chi connectivity index (χ1) is 3.72. The molecule has 0 radical (unpaired) electrons. The minimum atomic E-state index is -0.278. The van der Waals surface area contributed by atoms with Crippen molar-refractivity contribution in [3.05, 3.63) is 9.84 Å². The molecule has 4 heteroatoms. The number of hydrogen-bond donors (Lipinski definition) is 0. The summed E-state index contributed by atoms with van der Waals surface area (Å²) in [5, 5.41) is 0. The minimum Gasteiger partial charge on any atom is -0.478 e. The molecule has 0 bridgehead atoms. The van der Waals surface area contributed by atoms with Crippen LogP contribution in [0.15, 0.2) is 9.84 Å². The number of carbonyl (C=O) groups excluding carboxylic acids is 1. The van der Waals surface area contributed by atoms with Gasteiger partial charge in [-0.25, -0.2) is 0 Å². The van der Waals surface area contributed by atoms with Gasteiger partial charge in [-0.2, -0.15) is 0 Å². The molecule has 8 heavy (non-hydrogen) atoms. The molecule has 0 amide bonds. The van der Waals surface area contributed by atoms with Crippen molar-refractivity contribution in [3.8, 4) is 0 Å². The van der Waals surface area contributed by atoms with Crippen LogP contribution in [0.1, 0.15) is 0 Å². The molecule has 0 aromatic heterocycles. The van der Waals surface area contributed by atoms with E-state index in [1.54, 1.807) is 0 Å². The smallest absolute Gasteiger partial charge is 0.222 e. The molecule has 2 nitrogen and oxygen atoms in total. The number of carbonyl (C=O) groups is 1. The van der Waals surface area contributed by atoms with Gasteiger partial charge in [0.25, 0.3) is 0 Å². The normalized spacial score (nSPS) is 27.5. The summed E-state index contributed by atoms with van der Waals surface area (Å²) >= 11 is 3.90. The Morgan fingerprint density at radius 1 is 1.75 bits per heavy atom. The number of rotatable bonds is 0. The lowest BCUT2D eigenvalue weighted by molar-refractivity contribution is -0.116. The van der Waals surface area contributed by atoms with E-state index in [1.165, 1.54) is 6.26 Å². The predicted molar refractivity (Wildman–Crippen MR) is 46.0 cm³/mol. The summed E-state index contributed by atoms with van der Waals surface area (Å²) in [7, 11) is 0. The van der Waals surface area contributed by atoms with Crippen LogP contribution >= 0.6 is 45.2 Å². The third-order valence-electron chi connectivity index (χ3n) is 0.733. The van der Waals surface area contributed by atoms with Crippen LogP contribution in [0.4, 0.5) is 0 Å². The van der Waals surface area contributed by atoms with Crippen molar-refractivity contribution in [2.24, 2.45) is 0 Å². The summed E-state index contributed by atoms with van der Waals surface area (Å²) in [4.78, 5) is 10.7. The van der Waals surface area contributed by atoms with Crippen LogP contribution < -0.4 is 0 Å². The Kier molecular flexibility index (Phi) is 2.13. The van der Waals surface area contributed by atoms with Crippen LogP contribution in [0.5, 0.6) is 0 Å². The number of hydrogen-bond acceptors (Lipinski definition) is 2. The molecule has 0 aromatic carbocycles.